The number of hydrogen-bond acceptors (Lipinski definition) is 2. The highest BCUT2D eigenvalue weighted by Gasteiger charge is 2.34. The summed E-state index contributed by atoms with van der Waals surface area (Å²) in [4.78, 5) is 25.0. The monoisotopic (exact) mass is 284 g/mol. The lowest BCUT2D eigenvalue weighted by atomic mass is 10.1. The van der Waals surface area contributed by atoms with Crippen LogP contribution in [-0.4, -0.2) is 30.3 Å². The Balaban J connectivity index is 1.95. The molecule has 1 aromatic rings. The lowest BCUT2D eigenvalue weighted by Gasteiger charge is -2.11. The zero-order valence-corrected chi connectivity index (χ0v) is 11.2. The number of carbonyl (C=O) groups is 2. The molecule has 0 radical (unpaired) electrons. The van der Waals surface area contributed by atoms with Gasteiger partial charge in [-0.3, -0.25) is 9.59 Å². The number of nitrogens with one attached hydrogen (secondary N) is 1. The molecule has 1 aromatic carbocycles. The van der Waals surface area contributed by atoms with Gasteiger partial charge in [0.2, 0.25) is 11.8 Å². The standard InChI is InChI=1S/C13H14ClFN2O2/c1-17-3-2-11(13(17)19)12(18)16-7-8-4-9(14)6-10(15)5-8/h4-6,11H,2-3,7H2,1H3,(H,16,18)/t11-/m1/s1. The maximum Gasteiger partial charge on any atom is 0.234 e. The van der Waals surface area contributed by atoms with Crippen molar-refractivity contribution in [1.82, 2.24) is 10.2 Å². The third-order valence-corrected chi connectivity index (χ3v) is 3.35. The van der Waals surface area contributed by atoms with Crippen molar-refractivity contribution in [3.8, 4) is 0 Å². The summed E-state index contributed by atoms with van der Waals surface area (Å²) in [7, 11) is 1.67. The van der Waals surface area contributed by atoms with Crippen LogP contribution < -0.4 is 5.32 Å². The molecular formula is C13H14ClFN2O2. The fourth-order valence-corrected chi connectivity index (χ4v) is 2.34. The molecule has 6 heteroatoms. The lowest BCUT2D eigenvalue weighted by molar-refractivity contribution is -0.137. The summed E-state index contributed by atoms with van der Waals surface area (Å²) in [5.41, 5.74) is 0.567. The number of benzene rings is 1. The third kappa shape index (κ3) is 3.23. The molecule has 0 saturated carbocycles. The van der Waals surface area contributed by atoms with Crippen LogP contribution in [0.5, 0.6) is 0 Å². The SMILES string of the molecule is CN1CC[C@H](C(=O)NCc2cc(F)cc(Cl)c2)C1=O. The minimum atomic E-state index is -0.631. The van der Waals surface area contributed by atoms with E-state index >= 15 is 0 Å². The number of halogens is 2. The average Bonchev–Trinajstić information content (AvgIpc) is 2.66. The van der Waals surface area contributed by atoms with E-state index in [2.05, 4.69) is 5.32 Å². The van der Waals surface area contributed by atoms with Crippen LogP contribution in [0.3, 0.4) is 0 Å². The summed E-state index contributed by atoms with van der Waals surface area (Å²) in [6, 6.07) is 4.07. The van der Waals surface area contributed by atoms with Gasteiger partial charge in [-0.25, -0.2) is 4.39 Å². The summed E-state index contributed by atoms with van der Waals surface area (Å²) in [6.45, 7) is 0.743. The van der Waals surface area contributed by atoms with Gasteiger partial charge in [0.25, 0.3) is 0 Å². The molecule has 2 rings (SSSR count). The minimum absolute atomic E-state index is 0.157. The quantitative estimate of drug-likeness (QED) is 0.857. The van der Waals surface area contributed by atoms with E-state index in [0.717, 1.165) is 0 Å². The highest BCUT2D eigenvalue weighted by molar-refractivity contribution is 6.30. The second-order valence-electron chi connectivity index (χ2n) is 4.60. The molecule has 0 unspecified atom stereocenters. The number of hydrogen-bond donors (Lipinski definition) is 1. The Hall–Kier alpha value is -1.62. The molecule has 1 fully saturated rings. The normalized spacial score (nSPS) is 18.8. The Bertz CT molecular complexity index is 501. The molecule has 0 bridgehead atoms. The van der Waals surface area contributed by atoms with Crippen LogP contribution in [0.4, 0.5) is 4.39 Å². The van der Waals surface area contributed by atoms with Gasteiger partial charge in [-0.05, 0) is 30.2 Å². The minimum Gasteiger partial charge on any atom is -0.351 e. The number of nitrogens with zero attached hydrogens (tertiary/aromatic N) is 1. The Kier molecular flexibility index (Phi) is 4.04. The summed E-state index contributed by atoms with van der Waals surface area (Å²) in [5, 5.41) is 2.91. The Morgan fingerprint density at radius 1 is 1.53 bits per heavy atom. The lowest BCUT2D eigenvalue weighted by Crippen LogP contribution is -2.35. The number of rotatable bonds is 3. The first-order chi connectivity index (χ1) is 8.97. The van der Waals surface area contributed by atoms with Crippen molar-refractivity contribution >= 4 is 23.4 Å². The van der Waals surface area contributed by atoms with Crippen LogP contribution in [0, 0.1) is 11.7 Å². The molecule has 1 N–H and O–H groups in total. The molecule has 1 aliphatic heterocycles. The van der Waals surface area contributed by atoms with E-state index in [0.29, 0.717) is 18.5 Å². The van der Waals surface area contributed by atoms with Gasteiger partial charge in [-0.1, -0.05) is 11.6 Å². The first-order valence-corrected chi connectivity index (χ1v) is 6.33. The van der Waals surface area contributed by atoms with Gasteiger partial charge in [0, 0.05) is 25.2 Å². The molecular weight excluding hydrogens is 271 g/mol. The van der Waals surface area contributed by atoms with E-state index < -0.39 is 11.7 Å². The van der Waals surface area contributed by atoms with E-state index in [1.54, 1.807) is 13.1 Å². The molecule has 1 heterocycles. The van der Waals surface area contributed by atoms with Gasteiger partial charge in [0.05, 0.1) is 0 Å². The van der Waals surface area contributed by atoms with Gasteiger partial charge in [0.15, 0.2) is 0 Å². The second-order valence-corrected chi connectivity index (χ2v) is 5.03. The Morgan fingerprint density at radius 2 is 2.26 bits per heavy atom. The Labute approximate surface area is 115 Å². The third-order valence-electron chi connectivity index (χ3n) is 3.13. The number of amides is 2. The highest BCUT2D eigenvalue weighted by atomic mass is 35.5. The summed E-state index contributed by atoms with van der Waals surface area (Å²) >= 11 is 5.72. The van der Waals surface area contributed by atoms with Crippen molar-refractivity contribution in [2.24, 2.45) is 5.92 Å². The molecule has 1 aliphatic rings. The molecule has 0 aliphatic carbocycles. The van der Waals surface area contributed by atoms with Crippen LogP contribution in [0.15, 0.2) is 18.2 Å². The van der Waals surface area contributed by atoms with Crippen LogP contribution in [0.2, 0.25) is 5.02 Å². The molecule has 1 atom stereocenters. The van der Waals surface area contributed by atoms with E-state index in [-0.39, 0.29) is 23.4 Å². The van der Waals surface area contributed by atoms with Gasteiger partial charge >= 0.3 is 0 Å². The summed E-state index contributed by atoms with van der Waals surface area (Å²) in [6.07, 6.45) is 0.519. The topological polar surface area (TPSA) is 49.4 Å². The van der Waals surface area contributed by atoms with E-state index in [9.17, 15) is 14.0 Å². The predicted molar refractivity (Wildman–Crippen MR) is 69.0 cm³/mol. The molecule has 0 spiro atoms. The fourth-order valence-electron chi connectivity index (χ4n) is 2.09. The van der Waals surface area contributed by atoms with Crippen LogP contribution in [0.1, 0.15) is 12.0 Å². The van der Waals surface area contributed by atoms with Crippen LogP contribution >= 0.6 is 11.6 Å². The van der Waals surface area contributed by atoms with Crippen molar-refractivity contribution in [1.29, 1.82) is 0 Å². The zero-order chi connectivity index (χ0) is 14.0. The number of likely N-dealkylation sites (tertiary alicyclic amines) is 1. The van der Waals surface area contributed by atoms with Gasteiger partial charge in [0.1, 0.15) is 11.7 Å². The predicted octanol–water partition coefficient (Wildman–Crippen LogP) is 1.57. The molecule has 19 heavy (non-hydrogen) atoms. The highest BCUT2D eigenvalue weighted by Crippen LogP contribution is 2.17. The molecule has 102 valence electrons. The largest absolute Gasteiger partial charge is 0.351 e. The van der Waals surface area contributed by atoms with E-state index in [4.69, 9.17) is 11.6 Å². The maximum absolute atomic E-state index is 13.1. The molecule has 1 saturated heterocycles. The zero-order valence-electron chi connectivity index (χ0n) is 10.5. The average molecular weight is 285 g/mol. The van der Waals surface area contributed by atoms with Crippen molar-refractivity contribution in [2.45, 2.75) is 13.0 Å². The van der Waals surface area contributed by atoms with Crippen molar-refractivity contribution in [3.63, 3.8) is 0 Å². The van der Waals surface area contributed by atoms with E-state index in [1.165, 1.54) is 17.0 Å². The fraction of sp³-hybridized carbons (Fsp3) is 0.385. The van der Waals surface area contributed by atoms with Crippen molar-refractivity contribution in [3.05, 3.63) is 34.6 Å². The van der Waals surface area contributed by atoms with Crippen LogP contribution in [0.25, 0.3) is 0 Å². The first kappa shape index (κ1) is 13.8. The molecule has 0 aromatic heterocycles. The molecule has 4 nitrogen and oxygen atoms in total. The van der Waals surface area contributed by atoms with Gasteiger partial charge in [-0.15, -0.1) is 0 Å². The maximum atomic E-state index is 13.1. The molecule has 2 amide bonds. The van der Waals surface area contributed by atoms with Crippen molar-refractivity contribution in [2.75, 3.05) is 13.6 Å². The van der Waals surface area contributed by atoms with Gasteiger partial charge in [-0.2, -0.15) is 0 Å². The number of carbonyl (C=O) groups excluding carboxylic acids is 2. The van der Waals surface area contributed by atoms with E-state index in [1.807, 2.05) is 0 Å². The summed E-state index contributed by atoms with van der Waals surface area (Å²) < 4.78 is 13.1. The Morgan fingerprint density at radius 3 is 2.84 bits per heavy atom. The second kappa shape index (κ2) is 5.57. The smallest absolute Gasteiger partial charge is 0.234 e. The van der Waals surface area contributed by atoms with Crippen molar-refractivity contribution < 1.29 is 14.0 Å². The summed E-state index contributed by atoms with van der Waals surface area (Å²) in [5.74, 6) is -1.58. The van der Waals surface area contributed by atoms with Crippen LogP contribution in [-0.2, 0) is 16.1 Å². The van der Waals surface area contributed by atoms with Gasteiger partial charge < -0.3 is 10.2 Å². The first-order valence-electron chi connectivity index (χ1n) is 5.95.